The van der Waals surface area contributed by atoms with Gasteiger partial charge in [0, 0.05) is 6.42 Å². The summed E-state index contributed by atoms with van der Waals surface area (Å²) in [6, 6.07) is 0. The highest BCUT2D eigenvalue weighted by Crippen LogP contribution is 2.29. The summed E-state index contributed by atoms with van der Waals surface area (Å²) in [7, 11) is 0. The minimum Gasteiger partial charge on any atom is -0.391 e. The maximum Gasteiger partial charge on any atom is 0.125 e. The molecule has 0 aromatic rings. The maximum absolute atomic E-state index is 10.0. The van der Waals surface area contributed by atoms with Crippen molar-refractivity contribution in [3.63, 3.8) is 0 Å². The molecule has 6 heteroatoms. The van der Waals surface area contributed by atoms with Crippen molar-refractivity contribution >= 4 is 11.8 Å². The molecule has 5 unspecified atom stereocenters. The minimum atomic E-state index is -0.538. The quantitative estimate of drug-likeness (QED) is 0.655. The lowest BCUT2D eigenvalue weighted by Gasteiger charge is -2.38. The zero-order valence-electron chi connectivity index (χ0n) is 11.3. The van der Waals surface area contributed by atoms with E-state index in [0.29, 0.717) is 25.9 Å². The minimum absolute atomic E-state index is 0.0354. The largest absolute Gasteiger partial charge is 0.391 e. The van der Waals surface area contributed by atoms with Crippen molar-refractivity contribution in [1.82, 2.24) is 0 Å². The number of hydrogen-bond acceptors (Lipinski definition) is 6. The zero-order valence-corrected chi connectivity index (χ0v) is 12.1. The number of aliphatic hydroxyl groups is 3. The van der Waals surface area contributed by atoms with Crippen molar-refractivity contribution in [2.24, 2.45) is 0 Å². The molecule has 0 aromatic carbocycles. The van der Waals surface area contributed by atoms with E-state index in [0.717, 1.165) is 12.8 Å². The van der Waals surface area contributed by atoms with Gasteiger partial charge in [0.15, 0.2) is 0 Å². The highest BCUT2D eigenvalue weighted by molar-refractivity contribution is 7.99. The number of ether oxygens (including phenoxy) is 2. The van der Waals surface area contributed by atoms with Gasteiger partial charge in [0.2, 0.25) is 0 Å². The summed E-state index contributed by atoms with van der Waals surface area (Å²) in [5.74, 6) is 0. The summed E-state index contributed by atoms with van der Waals surface area (Å²) in [6.07, 6.45) is 4.05. The van der Waals surface area contributed by atoms with Crippen molar-refractivity contribution in [3.05, 3.63) is 0 Å². The molecule has 2 rings (SSSR count). The van der Waals surface area contributed by atoms with E-state index in [1.807, 2.05) is 6.26 Å². The molecule has 0 aromatic heterocycles. The summed E-state index contributed by atoms with van der Waals surface area (Å²) in [6.45, 7) is 0.365. The first-order valence-electron chi connectivity index (χ1n) is 6.94. The van der Waals surface area contributed by atoms with Crippen LogP contribution >= 0.6 is 11.8 Å². The molecule has 0 saturated carbocycles. The number of hydrogen-bond donors (Lipinski definition) is 3. The Kier molecular flexibility index (Phi) is 5.92. The third-order valence-corrected chi connectivity index (χ3v) is 4.71. The molecule has 0 bridgehead atoms. The first kappa shape index (κ1) is 15.5. The second kappa shape index (κ2) is 7.24. The Bertz CT molecular complexity index is 270. The Morgan fingerprint density at radius 2 is 2.00 bits per heavy atom. The second-order valence-electron chi connectivity index (χ2n) is 5.41. The summed E-state index contributed by atoms with van der Waals surface area (Å²) in [5.41, 5.74) is -0.538. The monoisotopic (exact) mass is 292 g/mol. The van der Waals surface area contributed by atoms with Crippen LogP contribution in [0.2, 0.25) is 0 Å². The van der Waals surface area contributed by atoms with Gasteiger partial charge in [0.1, 0.15) is 5.44 Å². The Morgan fingerprint density at radius 3 is 2.63 bits per heavy atom. The summed E-state index contributed by atoms with van der Waals surface area (Å²) < 4.78 is 11.4. The molecule has 0 spiro atoms. The van der Waals surface area contributed by atoms with Gasteiger partial charge in [-0.25, -0.2) is 0 Å². The Balaban J connectivity index is 1.83. The molecular weight excluding hydrogens is 268 g/mol. The normalized spacial score (nSPS) is 42.0. The third kappa shape index (κ3) is 4.31. The summed E-state index contributed by atoms with van der Waals surface area (Å²) >= 11 is 1.37. The smallest absolute Gasteiger partial charge is 0.125 e. The lowest BCUT2D eigenvalue weighted by molar-refractivity contribution is -0.158. The summed E-state index contributed by atoms with van der Waals surface area (Å²) in [4.78, 5) is 0. The highest BCUT2D eigenvalue weighted by atomic mass is 32.2. The van der Waals surface area contributed by atoms with E-state index in [1.54, 1.807) is 0 Å². The van der Waals surface area contributed by atoms with E-state index >= 15 is 0 Å². The molecule has 2 heterocycles. The number of thioether (sulfide) groups is 1. The number of aliphatic hydroxyl groups excluding tert-OH is 3. The van der Waals surface area contributed by atoms with Gasteiger partial charge in [0.05, 0.1) is 37.1 Å². The van der Waals surface area contributed by atoms with Gasteiger partial charge in [-0.3, -0.25) is 0 Å². The molecule has 2 fully saturated rings. The van der Waals surface area contributed by atoms with Gasteiger partial charge in [-0.1, -0.05) is 0 Å². The SMILES string of the molecule is CSC(O)C1CCC(O)[C@@H](CC2CCC(O)CO2)O1. The first-order chi connectivity index (χ1) is 9.10. The first-order valence-corrected chi connectivity index (χ1v) is 8.23. The van der Waals surface area contributed by atoms with Crippen molar-refractivity contribution < 1.29 is 24.8 Å². The fourth-order valence-corrected chi connectivity index (χ4v) is 3.22. The topological polar surface area (TPSA) is 79.2 Å². The predicted molar refractivity (Wildman–Crippen MR) is 73.0 cm³/mol. The highest BCUT2D eigenvalue weighted by Gasteiger charge is 2.35. The van der Waals surface area contributed by atoms with Gasteiger partial charge in [0.25, 0.3) is 0 Å². The second-order valence-corrected chi connectivity index (χ2v) is 6.36. The Hall–Kier alpha value is 0.150. The van der Waals surface area contributed by atoms with E-state index in [4.69, 9.17) is 9.47 Å². The Morgan fingerprint density at radius 1 is 1.21 bits per heavy atom. The average Bonchev–Trinajstić information content (AvgIpc) is 2.43. The van der Waals surface area contributed by atoms with Crippen LogP contribution < -0.4 is 0 Å². The molecular formula is C13H24O5S. The van der Waals surface area contributed by atoms with Gasteiger partial charge in [-0.15, -0.1) is 11.8 Å². The molecule has 2 aliphatic heterocycles. The van der Waals surface area contributed by atoms with Crippen LogP contribution in [0.4, 0.5) is 0 Å². The molecule has 0 amide bonds. The lowest BCUT2D eigenvalue weighted by Crippen LogP contribution is -2.45. The molecule has 2 aliphatic rings. The third-order valence-electron chi connectivity index (χ3n) is 3.93. The molecule has 5 nitrogen and oxygen atoms in total. The van der Waals surface area contributed by atoms with Crippen LogP contribution in [0.15, 0.2) is 0 Å². The van der Waals surface area contributed by atoms with Gasteiger partial charge >= 0.3 is 0 Å². The molecule has 2 saturated heterocycles. The predicted octanol–water partition coefficient (Wildman–Crippen LogP) is 0.506. The van der Waals surface area contributed by atoms with Gasteiger partial charge < -0.3 is 24.8 Å². The van der Waals surface area contributed by atoms with Crippen LogP contribution in [0.5, 0.6) is 0 Å². The van der Waals surface area contributed by atoms with Crippen LogP contribution in [0.1, 0.15) is 32.1 Å². The van der Waals surface area contributed by atoms with Crippen molar-refractivity contribution in [2.45, 2.75) is 68.1 Å². The summed E-state index contributed by atoms with van der Waals surface area (Å²) in [5, 5.41) is 29.2. The molecule has 0 radical (unpaired) electrons. The van der Waals surface area contributed by atoms with Crippen molar-refractivity contribution in [2.75, 3.05) is 12.9 Å². The molecule has 0 aliphatic carbocycles. The standard InChI is InChI=1S/C13H24O5S/c1-19-13(16)11-5-4-10(15)12(18-11)6-9-3-2-8(14)7-17-9/h8-16H,2-7H2,1H3/t8?,9?,10?,11?,12-,13?/m1/s1. The van der Waals surface area contributed by atoms with Crippen molar-refractivity contribution in [1.29, 1.82) is 0 Å². The zero-order chi connectivity index (χ0) is 13.8. The fourth-order valence-electron chi connectivity index (χ4n) is 2.72. The molecule has 3 N–H and O–H groups in total. The van der Waals surface area contributed by atoms with Crippen LogP contribution in [-0.4, -0.2) is 64.1 Å². The van der Waals surface area contributed by atoms with Crippen LogP contribution in [0, 0.1) is 0 Å². The molecule has 19 heavy (non-hydrogen) atoms. The Labute approximate surface area is 118 Å². The maximum atomic E-state index is 10.0. The van der Waals surface area contributed by atoms with Crippen LogP contribution in [-0.2, 0) is 9.47 Å². The van der Waals surface area contributed by atoms with Gasteiger partial charge in [-0.05, 0) is 31.9 Å². The van der Waals surface area contributed by atoms with Crippen molar-refractivity contribution in [3.8, 4) is 0 Å². The van der Waals surface area contributed by atoms with Crippen LogP contribution in [0.25, 0.3) is 0 Å². The van der Waals surface area contributed by atoms with E-state index in [1.165, 1.54) is 11.8 Å². The average molecular weight is 292 g/mol. The molecule has 6 atom stereocenters. The molecule has 112 valence electrons. The fraction of sp³-hybridized carbons (Fsp3) is 1.00. The number of rotatable bonds is 4. The van der Waals surface area contributed by atoms with Gasteiger partial charge in [-0.2, -0.15) is 0 Å². The lowest BCUT2D eigenvalue weighted by atomic mass is 9.94. The van der Waals surface area contributed by atoms with E-state index in [9.17, 15) is 15.3 Å². The van der Waals surface area contributed by atoms with E-state index in [-0.39, 0.29) is 24.4 Å². The van der Waals surface area contributed by atoms with E-state index < -0.39 is 11.5 Å². The van der Waals surface area contributed by atoms with Crippen LogP contribution in [0.3, 0.4) is 0 Å². The van der Waals surface area contributed by atoms with E-state index in [2.05, 4.69) is 0 Å².